The summed E-state index contributed by atoms with van der Waals surface area (Å²) < 4.78 is 0. The van der Waals surface area contributed by atoms with Gasteiger partial charge in [0.1, 0.15) is 12.7 Å². The van der Waals surface area contributed by atoms with Gasteiger partial charge in [-0.1, -0.05) is 5.46 Å². The molecule has 0 saturated heterocycles. The Kier molecular flexibility index (Phi) is 1.81. The Bertz CT molecular complexity index is 247. The van der Waals surface area contributed by atoms with E-state index in [1.807, 2.05) is 0 Å². The molecule has 0 atom stereocenters. The molecule has 0 saturated carbocycles. The molecule has 2 radical (unpaired) electrons. The highest BCUT2D eigenvalue weighted by molar-refractivity contribution is 7.14. The van der Waals surface area contributed by atoms with Gasteiger partial charge in [-0.25, -0.2) is 4.79 Å². The first-order chi connectivity index (χ1) is 4.61. The molecule has 0 aromatic carbocycles. The van der Waals surface area contributed by atoms with Crippen LogP contribution in [0.5, 0.6) is 0 Å². The molecule has 1 N–H and O–H groups in total. The van der Waals surface area contributed by atoms with Crippen LogP contribution in [0.2, 0.25) is 0 Å². The second kappa shape index (κ2) is 2.46. The van der Waals surface area contributed by atoms with Gasteiger partial charge in [0.15, 0.2) is 0 Å². The summed E-state index contributed by atoms with van der Waals surface area (Å²) in [6, 6.07) is 1.47. The van der Waals surface area contributed by atoms with Crippen LogP contribution in [-0.2, 0) is 0 Å². The van der Waals surface area contributed by atoms with E-state index in [-0.39, 0.29) is 0 Å². The van der Waals surface area contributed by atoms with Crippen LogP contribution < -0.4 is 5.46 Å². The van der Waals surface area contributed by atoms with Gasteiger partial charge < -0.3 is 5.11 Å². The Morgan fingerprint density at radius 1 is 1.80 bits per heavy atom. The molecule has 50 valence electrons. The molecule has 0 unspecified atom stereocenters. The van der Waals surface area contributed by atoms with E-state index in [0.717, 1.165) is 4.88 Å². The maximum Gasteiger partial charge on any atom is 0.345 e. The Labute approximate surface area is 63.9 Å². The average molecular weight is 152 g/mol. The van der Waals surface area contributed by atoms with Crippen molar-refractivity contribution >= 4 is 30.6 Å². The highest BCUT2D eigenvalue weighted by atomic mass is 32.1. The minimum Gasteiger partial charge on any atom is -0.477 e. The summed E-state index contributed by atoms with van der Waals surface area (Å²) in [6.45, 7) is 1.80. The van der Waals surface area contributed by atoms with Crippen molar-refractivity contribution in [2.24, 2.45) is 0 Å². The molecule has 4 heteroatoms. The molecule has 0 aliphatic heterocycles. The molecular weight excluding hydrogens is 147 g/mol. The molecule has 0 amide bonds. The molecule has 0 spiro atoms. The monoisotopic (exact) mass is 152 g/mol. The number of aromatic carboxylic acids is 1. The van der Waals surface area contributed by atoms with Gasteiger partial charge in [-0.05, 0) is 17.9 Å². The first-order valence-corrected chi connectivity index (χ1v) is 3.52. The molecule has 2 nitrogen and oxygen atoms in total. The van der Waals surface area contributed by atoms with Gasteiger partial charge in [0.2, 0.25) is 0 Å². The lowest BCUT2D eigenvalue weighted by molar-refractivity contribution is 0.0702. The minimum absolute atomic E-state index is 0.301. The maximum atomic E-state index is 10.3. The fourth-order valence-corrected chi connectivity index (χ4v) is 1.38. The van der Waals surface area contributed by atoms with E-state index >= 15 is 0 Å². The first-order valence-electron chi connectivity index (χ1n) is 2.70. The van der Waals surface area contributed by atoms with Crippen LogP contribution in [0.1, 0.15) is 14.5 Å². The van der Waals surface area contributed by atoms with Crippen LogP contribution >= 0.6 is 11.3 Å². The summed E-state index contributed by atoms with van der Waals surface area (Å²) in [5, 5.41) is 8.48. The Balaban J connectivity index is 3.10. The number of carboxylic acids is 1. The molecule has 10 heavy (non-hydrogen) atoms. The standard InChI is InChI=1S/C6H5BO2S/c1-3-4(7)2-5(10-3)6(8)9/h2H,1H3,(H,8,9). The quantitative estimate of drug-likeness (QED) is 0.596. The molecule has 1 rings (SSSR count). The summed E-state index contributed by atoms with van der Waals surface area (Å²) in [5.41, 5.74) is 0.558. The van der Waals surface area contributed by atoms with Gasteiger partial charge in [-0.15, -0.1) is 11.3 Å². The van der Waals surface area contributed by atoms with Crippen LogP contribution in [0.3, 0.4) is 0 Å². The van der Waals surface area contributed by atoms with E-state index < -0.39 is 5.97 Å². The van der Waals surface area contributed by atoms with E-state index in [9.17, 15) is 4.79 Å². The van der Waals surface area contributed by atoms with E-state index in [2.05, 4.69) is 0 Å². The third kappa shape index (κ3) is 1.21. The molecule has 0 bridgehead atoms. The number of carbonyl (C=O) groups is 1. The number of aryl methyl sites for hydroxylation is 1. The lowest BCUT2D eigenvalue weighted by atomic mass is 9.97. The summed E-state index contributed by atoms with van der Waals surface area (Å²) in [5.74, 6) is -0.912. The van der Waals surface area contributed by atoms with E-state index in [1.165, 1.54) is 17.4 Å². The topological polar surface area (TPSA) is 37.3 Å². The van der Waals surface area contributed by atoms with E-state index in [1.54, 1.807) is 6.92 Å². The second-order valence-corrected chi connectivity index (χ2v) is 3.18. The Morgan fingerprint density at radius 2 is 2.40 bits per heavy atom. The highest BCUT2D eigenvalue weighted by Crippen LogP contribution is 2.11. The average Bonchev–Trinajstić information content (AvgIpc) is 2.13. The third-order valence-corrected chi connectivity index (χ3v) is 2.22. The van der Waals surface area contributed by atoms with Gasteiger partial charge in [0, 0.05) is 0 Å². The van der Waals surface area contributed by atoms with Crippen LogP contribution in [0.25, 0.3) is 0 Å². The zero-order valence-corrected chi connectivity index (χ0v) is 6.23. The van der Waals surface area contributed by atoms with Gasteiger partial charge >= 0.3 is 5.97 Å². The maximum absolute atomic E-state index is 10.3. The van der Waals surface area contributed by atoms with Gasteiger partial charge in [0.25, 0.3) is 0 Å². The van der Waals surface area contributed by atoms with Crippen molar-refractivity contribution in [3.05, 3.63) is 15.8 Å². The fourth-order valence-electron chi connectivity index (χ4n) is 0.602. The largest absolute Gasteiger partial charge is 0.477 e. The van der Waals surface area contributed by atoms with Crippen LogP contribution in [0, 0.1) is 6.92 Å². The predicted molar refractivity (Wildman–Crippen MR) is 41.4 cm³/mol. The third-order valence-electron chi connectivity index (χ3n) is 1.17. The molecule has 1 aromatic heterocycles. The van der Waals surface area contributed by atoms with Gasteiger partial charge in [-0.3, -0.25) is 0 Å². The zero-order valence-electron chi connectivity index (χ0n) is 5.42. The SMILES string of the molecule is [B]c1cc(C(=O)O)sc1C. The summed E-state index contributed by atoms with van der Waals surface area (Å²) in [6.07, 6.45) is 0. The predicted octanol–water partition coefficient (Wildman–Crippen LogP) is 0.549. The minimum atomic E-state index is -0.912. The Morgan fingerprint density at radius 3 is 2.60 bits per heavy atom. The summed E-state index contributed by atoms with van der Waals surface area (Å²) in [4.78, 5) is 11.5. The number of carboxylic acid groups (broad SMARTS) is 1. The molecule has 1 aromatic rings. The normalized spacial score (nSPS) is 9.70. The van der Waals surface area contributed by atoms with Crippen molar-refractivity contribution < 1.29 is 9.90 Å². The van der Waals surface area contributed by atoms with Crippen molar-refractivity contribution in [1.29, 1.82) is 0 Å². The van der Waals surface area contributed by atoms with Crippen molar-refractivity contribution in [1.82, 2.24) is 0 Å². The molecular formula is C6H5BO2S. The molecule has 1 heterocycles. The van der Waals surface area contributed by atoms with Crippen molar-refractivity contribution in [2.45, 2.75) is 6.92 Å². The van der Waals surface area contributed by atoms with Gasteiger partial charge in [0.05, 0.1) is 0 Å². The van der Waals surface area contributed by atoms with E-state index in [0.29, 0.717) is 10.3 Å². The van der Waals surface area contributed by atoms with Crippen LogP contribution in [0.4, 0.5) is 0 Å². The number of hydrogen-bond donors (Lipinski definition) is 1. The van der Waals surface area contributed by atoms with Crippen molar-refractivity contribution in [3.63, 3.8) is 0 Å². The van der Waals surface area contributed by atoms with Crippen LogP contribution in [-0.4, -0.2) is 18.9 Å². The van der Waals surface area contributed by atoms with Crippen LogP contribution in [0.15, 0.2) is 6.07 Å². The Hall–Kier alpha value is -0.765. The molecule has 0 aliphatic rings. The fraction of sp³-hybridized carbons (Fsp3) is 0.167. The first kappa shape index (κ1) is 7.34. The lowest BCUT2D eigenvalue weighted by Gasteiger charge is -1.80. The number of rotatable bonds is 1. The van der Waals surface area contributed by atoms with E-state index in [4.69, 9.17) is 13.0 Å². The van der Waals surface area contributed by atoms with Gasteiger partial charge in [-0.2, -0.15) is 0 Å². The summed E-state index contributed by atoms with van der Waals surface area (Å²) in [7, 11) is 5.43. The zero-order chi connectivity index (χ0) is 7.72. The lowest BCUT2D eigenvalue weighted by Crippen LogP contribution is -2.00. The van der Waals surface area contributed by atoms with Crippen molar-refractivity contribution in [2.75, 3.05) is 0 Å². The highest BCUT2D eigenvalue weighted by Gasteiger charge is 2.06. The summed E-state index contributed by atoms with van der Waals surface area (Å²) >= 11 is 1.20. The molecule has 0 fully saturated rings. The van der Waals surface area contributed by atoms with Crippen molar-refractivity contribution in [3.8, 4) is 0 Å². The molecule has 0 aliphatic carbocycles. The number of thiophene rings is 1. The second-order valence-electron chi connectivity index (χ2n) is 1.93. The number of hydrogen-bond acceptors (Lipinski definition) is 2. The smallest absolute Gasteiger partial charge is 0.345 e.